The smallest absolute Gasteiger partial charge is 0.273 e. The molecule has 4 rings (SSSR count). The average Bonchev–Trinajstić information content (AvgIpc) is 2.91. The van der Waals surface area contributed by atoms with Gasteiger partial charge in [0.05, 0.1) is 19.3 Å². The lowest BCUT2D eigenvalue weighted by molar-refractivity contribution is -0.121. The van der Waals surface area contributed by atoms with Gasteiger partial charge in [-0.15, -0.1) is 10.2 Å². The number of rotatable bonds is 10. The molecular formula is C26H24FN5O4. The lowest BCUT2D eigenvalue weighted by Gasteiger charge is -2.12. The van der Waals surface area contributed by atoms with Crippen LogP contribution in [-0.2, 0) is 24.4 Å². The molecule has 9 nitrogen and oxygen atoms in total. The minimum atomic E-state index is -0.434. The van der Waals surface area contributed by atoms with Crippen LogP contribution < -0.4 is 20.3 Å². The number of ether oxygens (including phenoxy) is 2. The van der Waals surface area contributed by atoms with Gasteiger partial charge in [-0.25, -0.2) is 4.39 Å². The number of carbonyl (C=O) groups excluding carboxylic acids is 1. The van der Waals surface area contributed by atoms with E-state index in [1.807, 2.05) is 12.1 Å². The van der Waals surface area contributed by atoms with Crippen molar-refractivity contribution in [2.24, 2.45) is 0 Å². The van der Waals surface area contributed by atoms with E-state index in [1.54, 1.807) is 48.7 Å². The molecule has 184 valence electrons. The van der Waals surface area contributed by atoms with Gasteiger partial charge in [0.2, 0.25) is 5.91 Å². The van der Waals surface area contributed by atoms with Crippen LogP contribution in [0.3, 0.4) is 0 Å². The molecule has 0 unspecified atom stereocenters. The minimum Gasteiger partial charge on any atom is -0.493 e. The molecule has 0 radical (unpaired) electrons. The number of methoxy groups -OCH3 is 1. The van der Waals surface area contributed by atoms with Crippen molar-refractivity contribution in [2.45, 2.75) is 26.0 Å². The largest absolute Gasteiger partial charge is 0.493 e. The Balaban J connectivity index is 1.38. The monoisotopic (exact) mass is 489 g/mol. The second-order valence-electron chi connectivity index (χ2n) is 7.79. The number of aromatic amines is 1. The van der Waals surface area contributed by atoms with Gasteiger partial charge >= 0.3 is 0 Å². The summed E-state index contributed by atoms with van der Waals surface area (Å²) in [5.41, 5.74) is 1.43. The molecule has 0 aliphatic carbocycles. The molecule has 0 fully saturated rings. The molecule has 36 heavy (non-hydrogen) atoms. The van der Waals surface area contributed by atoms with E-state index in [-0.39, 0.29) is 42.7 Å². The second-order valence-corrected chi connectivity index (χ2v) is 7.79. The zero-order valence-electron chi connectivity index (χ0n) is 19.5. The second kappa shape index (κ2) is 11.7. The number of H-pyrrole nitrogens is 1. The van der Waals surface area contributed by atoms with Crippen molar-refractivity contribution < 1.29 is 18.7 Å². The van der Waals surface area contributed by atoms with E-state index >= 15 is 0 Å². The maximum Gasteiger partial charge on any atom is 0.273 e. The number of nitrogens with one attached hydrogen (secondary N) is 2. The van der Waals surface area contributed by atoms with Crippen molar-refractivity contribution >= 4 is 5.91 Å². The highest BCUT2D eigenvalue weighted by Crippen LogP contribution is 2.31. The van der Waals surface area contributed by atoms with Crippen molar-refractivity contribution in [2.75, 3.05) is 7.11 Å². The number of amides is 1. The molecule has 0 saturated carbocycles. The molecule has 1 amide bonds. The molecule has 2 aromatic carbocycles. The Bertz CT molecular complexity index is 1390. The van der Waals surface area contributed by atoms with Gasteiger partial charge in [-0.2, -0.15) is 0 Å². The summed E-state index contributed by atoms with van der Waals surface area (Å²) in [5.74, 6) is 0.462. The number of hydrogen-bond acceptors (Lipinski definition) is 7. The van der Waals surface area contributed by atoms with Crippen LogP contribution in [0.5, 0.6) is 11.5 Å². The van der Waals surface area contributed by atoms with Gasteiger partial charge in [0, 0.05) is 30.2 Å². The Hall–Kier alpha value is -4.60. The average molecular weight is 490 g/mol. The first kappa shape index (κ1) is 24.5. The van der Waals surface area contributed by atoms with E-state index in [1.165, 1.54) is 13.2 Å². The van der Waals surface area contributed by atoms with Crippen LogP contribution in [-0.4, -0.2) is 33.2 Å². The maximum absolute atomic E-state index is 13.9. The van der Waals surface area contributed by atoms with Crippen LogP contribution in [0.2, 0.25) is 0 Å². The minimum absolute atomic E-state index is 0.0309. The van der Waals surface area contributed by atoms with Crippen molar-refractivity contribution in [1.29, 1.82) is 0 Å². The number of aryl methyl sites for hydroxylation is 1. The summed E-state index contributed by atoms with van der Waals surface area (Å²) in [5, 5.41) is 10.9. The van der Waals surface area contributed by atoms with Crippen molar-refractivity contribution in [3.8, 4) is 22.9 Å². The molecule has 0 spiro atoms. The first-order chi connectivity index (χ1) is 17.5. The van der Waals surface area contributed by atoms with Crippen LogP contribution in [0.25, 0.3) is 11.4 Å². The number of pyridine rings is 1. The highest BCUT2D eigenvalue weighted by molar-refractivity contribution is 5.76. The van der Waals surface area contributed by atoms with Crippen molar-refractivity contribution in [3.05, 3.63) is 100.0 Å². The Morgan fingerprint density at radius 1 is 1.06 bits per heavy atom. The van der Waals surface area contributed by atoms with Crippen LogP contribution in [0.1, 0.15) is 23.4 Å². The highest BCUT2D eigenvalue weighted by atomic mass is 19.1. The summed E-state index contributed by atoms with van der Waals surface area (Å²) in [4.78, 5) is 31.5. The zero-order chi connectivity index (χ0) is 25.3. The fourth-order valence-corrected chi connectivity index (χ4v) is 3.37. The van der Waals surface area contributed by atoms with Gasteiger partial charge < -0.3 is 19.8 Å². The Morgan fingerprint density at radius 2 is 1.89 bits per heavy atom. The predicted molar refractivity (Wildman–Crippen MR) is 130 cm³/mol. The first-order valence-corrected chi connectivity index (χ1v) is 11.2. The lowest BCUT2D eigenvalue weighted by atomic mass is 10.2. The maximum atomic E-state index is 13.9. The fraction of sp³-hybridized carbons (Fsp3) is 0.192. The van der Waals surface area contributed by atoms with Gasteiger partial charge in [0.1, 0.15) is 18.1 Å². The molecule has 0 atom stereocenters. The van der Waals surface area contributed by atoms with Gasteiger partial charge in [-0.1, -0.05) is 24.3 Å². The molecule has 0 saturated heterocycles. The third kappa shape index (κ3) is 6.29. The van der Waals surface area contributed by atoms with E-state index < -0.39 is 5.56 Å². The predicted octanol–water partition coefficient (Wildman–Crippen LogP) is 3.20. The summed E-state index contributed by atoms with van der Waals surface area (Å²) < 4.78 is 25.0. The SMILES string of the molecule is COc1cc(-c2nnc(CCC(=O)NCc3ccccn3)c(=O)[nH]2)ccc1OCc1ccccc1F. The number of aromatic nitrogens is 4. The summed E-state index contributed by atoms with van der Waals surface area (Å²) >= 11 is 0. The fourth-order valence-electron chi connectivity index (χ4n) is 3.37. The van der Waals surface area contributed by atoms with E-state index in [9.17, 15) is 14.0 Å². The molecule has 10 heteroatoms. The molecule has 0 bridgehead atoms. The summed E-state index contributed by atoms with van der Waals surface area (Å²) in [6.45, 7) is 0.339. The molecule has 0 aliphatic rings. The number of hydrogen-bond donors (Lipinski definition) is 2. The quantitative estimate of drug-likeness (QED) is 0.351. The van der Waals surface area contributed by atoms with Crippen molar-refractivity contribution in [1.82, 2.24) is 25.5 Å². The number of halogens is 1. The number of carbonyl (C=O) groups is 1. The normalized spacial score (nSPS) is 10.6. The molecule has 4 aromatic rings. The molecule has 2 aromatic heterocycles. The lowest BCUT2D eigenvalue weighted by Crippen LogP contribution is -2.25. The molecule has 0 aliphatic heterocycles. The van der Waals surface area contributed by atoms with Gasteiger partial charge in [0.25, 0.3) is 5.56 Å². The van der Waals surface area contributed by atoms with Gasteiger partial charge in [-0.05, 0) is 36.4 Å². The van der Waals surface area contributed by atoms with Gasteiger partial charge in [0.15, 0.2) is 17.3 Å². The third-order valence-corrected chi connectivity index (χ3v) is 5.32. The van der Waals surface area contributed by atoms with E-state index in [2.05, 4.69) is 25.5 Å². The van der Waals surface area contributed by atoms with Crippen LogP contribution in [0, 0.1) is 5.82 Å². The highest BCUT2D eigenvalue weighted by Gasteiger charge is 2.13. The zero-order valence-corrected chi connectivity index (χ0v) is 19.5. The topological polar surface area (TPSA) is 119 Å². The van der Waals surface area contributed by atoms with Crippen LogP contribution >= 0.6 is 0 Å². The Kier molecular flexibility index (Phi) is 7.97. The van der Waals surface area contributed by atoms with E-state index in [4.69, 9.17) is 9.47 Å². The van der Waals surface area contributed by atoms with E-state index in [0.717, 1.165) is 5.69 Å². The molecular weight excluding hydrogens is 465 g/mol. The molecule has 2 N–H and O–H groups in total. The van der Waals surface area contributed by atoms with Gasteiger partial charge in [-0.3, -0.25) is 14.6 Å². The van der Waals surface area contributed by atoms with Crippen molar-refractivity contribution in [3.63, 3.8) is 0 Å². The van der Waals surface area contributed by atoms with Crippen LogP contribution in [0.4, 0.5) is 4.39 Å². The third-order valence-electron chi connectivity index (χ3n) is 5.32. The van der Waals surface area contributed by atoms with E-state index in [0.29, 0.717) is 29.2 Å². The van der Waals surface area contributed by atoms with Crippen LogP contribution in [0.15, 0.2) is 71.7 Å². The Morgan fingerprint density at radius 3 is 2.64 bits per heavy atom. The standard InChI is InChI=1S/C26H24FN5O4/c1-35-23-14-17(9-11-22(23)36-16-18-6-2-3-8-20(18)27)25-30-26(34)21(31-32-25)10-12-24(33)29-15-19-7-4-5-13-28-19/h2-9,11,13-14H,10,12,15-16H2,1H3,(H,29,33)(H,30,32,34). The number of benzene rings is 2. The molecule has 2 heterocycles. The summed E-state index contributed by atoms with van der Waals surface area (Å²) in [6.07, 6.45) is 1.88. The Labute approximate surface area is 206 Å². The number of nitrogens with zero attached hydrogens (tertiary/aromatic N) is 3. The first-order valence-electron chi connectivity index (χ1n) is 11.2. The summed E-state index contributed by atoms with van der Waals surface area (Å²) in [6, 6.07) is 16.8. The summed E-state index contributed by atoms with van der Waals surface area (Å²) in [7, 11) is 1.48.